The third-order valence-electron chi connectivity index (χ3n) is 9.40. The quantitative estimate of drug-likeness (QED) is 0.321. The summed E-state index contributed by atoms with van der Waals surface area (Å²) >= 11 is 0. The predicted octanol–water partition coefficient (Wildman–Crippen LogP) is 5.93. The summed E-state index contributed by atoms with van der Waals surface area (Å²) in [6.07, 6.45) is 5.39. The number of rotatable bonds is 7. The number of nitrogens with two attached hydrogens (primary N) is 1. The van der Waals surface area contributed by atoms with E-state index in [-0.39, 0.29) is 17.3 Å². The van der Waals surface area contributed by atoms with E-state index in [1.807, 2.05) is 12.1 Å². The van der Waals surface area contributed by atoms with Crippen LogP contribution in [0.15, 0.2) is 36.4 Å². The van der Waals surface area contributed by atoms with Gasteiger partial charge in [0.1, 0.15) is 4.87 Å². The molecule has 1 saturated heterocycles. The molecule has 1 aliphatic carbocycles. The molecule has 0 bridgehead atoms. The lowest BCUT2D eigenvalue weighted by Gasteiger charge is -2.46. The van der Waals surface area contributed by atoms with Crippen molar-refractivity contribution in [2.45, 2.75) is 90.1 Å². The molecule has 2 aliphatic rings. The summed E-state index contributed by atoms with van der Waals surface area (Å²) in [6, 6.07) is 12.7. The minimum Gasteiger partial charge on any atom is -0.530 e. The fourth-order valence-electron chi connectivity index (χ4n) is 6.90. The molecule has 4 rings (SSSR count). The zero-order chi connectivity index (χ0) is 29.5. The monoisotopic (exact) mass is 584 g/mol. The minimum atomic E-state index is -3.46. The van der Waals surface area contributed by atoms with E-state index in [4.69, 9.17) is 15.1 Å². The number of aromatic nitrogens is 1. The Morgan fingerprint density at radius 3 is 2.42 bits per heavy atom. The Balaban J connectivity index is 1.58. The van der Waals surface area contributed by atoms with E-state index in [0.29, 0.717) is 18.4 Å². The SMILES string of the molecule is Cc1ccccc1[C@H]1CCN(C[C@@H]2CCc3ccc(O[Si](C)C)nc3[C@H](C(C)(C)C)C2)C[C@@H]1C(C)(N)S(C)(=O)=O. The molecule has 1 aromatic heterocycles. The van der Waals surface area contributed by atoms with E-state index in [2.05, 4.69) is 70.0 Å². The molecule has 1 fully saturated rings. The van der Waals surface area contributed by atoms with Crippen LogP contribution in [-0.2, 0) is 16.3 Å². The van der Waals surface area contributed by atoms with Crippen LogP contribution in [0.4, 0.5) is 0 Å². The molecule has 2 aromatic rings. The second-order valence-corrected chi connectivity index (χ2v) is 18.3. The van der Waals surface area contributed by atoms with Crippen LogP contribution in [0, 0.1) is 24.2 Å². The zero-order valence-electron chi connectivity index (χ0n) is 25.8. The Labute approximate surface area is 244 Å². The Hall–Kier alpha value is -1.74. The Bertz CT molecular complexity index is 1290. The molecule has 0 saturated carbocycles. The van der Waals surface area contributed by atoms with Crippen molar-refractivity contribution in [3.8, 4) is 5.88 Å². The van der Waals surface area contributed by atoms with E-state index in [1.165, 1.54) is 28.6 Å². The first-order valence-corrected chi connectivity index (χ1v) is 19.1. The highest BCUT2D eigenvalue weighted by atomic mass is 32.2. The highest BCUT2D eigenvalue weighted by Gasteiger charge is 2.47. The Kier molecular flexibility index (Phi) is 9.25. The van der Waals surface area contributed by atoms with Crippen LogP contribution in [0.2, 0.25) is 13.1 Å². The molecular formula is C32H50N3O3SSi. The van der Waals surface area contributed by atoms with Crippen LogP contribution >= 0.6 is 0 Å². The fraction of sp³-hybridized carbons (Fsp3) is 0.656. The number of fused-ring (bicyclic) bond motifs is 1. The molecule has 221 valence electrons. The number of piperidine rings is 1. The van der Waals surface area contributed by atoms with Gasteiger partial charge in [0.15, 0.2) is 15.7 Å². The van der Waals surface area contributed by atoms with Crippen molar-refractivity contribution in [2.75, 3.05) is 25.9 Å². The molecule has 1 aromatic carbocycles. The van der Waals surface area contributed by atoms with Gasteiger partial charge in [-0.2, -0.15) is 0 Å². The molecule has 0 spiro atoms. The van der Waals surface area contributed by atoms with Crippen LogP contribution in [0.25, 0.3) is 0 Å². The van der Waals surface area contributed by atoms with E-state index in [1.54, 1.807) is 6.92 Å². The molecule has 1 aliphatic heterocycles. The standard InChI is InChI=1S/C32H50N3O3SSi/c1-22-11-9-10-12-25(22)26-17-18-35(21-28(26)32(5,33)39(6,36)37)20-23-13-14-24-15-16-29(38-40(7)8)34-30(24)27(19-23)31(2,3)4/h9-12,15-16,23,26-28H,13-14,17-21,33H2,1-8H3/t23-,26-,27-,28+,32?/m1/s1. The number of benzene rings is 1. The summed E-state index contributed by atoms with van der Waals surface area (Å²) in [6.45, 7) is 17.7. The summed E-state index contributed by atoms with van der Waals surface area (Å²) in [5.41, 5.74) is 11.8. The topological polar surface area (TPSA) is 85.5 Å². The maximum absolute atomic E-state index is 13.0. The van der Waals surface area contributed by atoms with Crippen LogP contribution in [0.1, 0.15) is 81.2 Å². The third kappa shape index (κ3) is 6.83. The van der Waals surface area contributed by atoms with Crippen molar-refractivity contribution in [1.82, 2.24) is 9.88 Å². The largest absolute Gasteiger partial charge is 0.530 e. The average molecular weight is 585 g/mol. The van der Waals surface area contributed by atoms with Crippen molar-refractivity contribution >= 4 is 18.9 Å². The second kappa shape index (κ2) is 11.9. The highest BCUT2D eigenvalue weighted by Crippen LogP contribution is 2.46. The van der Waals surface area contributed by atoms with Gasteiger partial charge in [-0.25, -0.2) is 13.4 Å². The smallest absolute Gasteiger partial charge is 0.276 e. The van der Waals surface area contributed by atoms with Crippen molar-refractivity contribution < 1.29 is 12.8 Å². The van der Waals surface area contributed by atoms with Crippen molar-refractivity contribution in [3.63, 3.8) is 0 Å². The van der Waals surface area contributed by atoms with Crippen molar-refractivity contribution in [2.24, 2.45) is 23.0 Å². The molecule has 6 nitrogen and oxygen atoms in total. The first kappa shape index (κ1) is 31.2. The molecule has 1 radical (unpaired) electrons. The van der Waals surface area contributed by atoms with Gasteiger partial charge in [0, 0.05) is 31.2 Å². The molecule has 1 unspecified atom stereocenters. The average Bonchev–Trinajstić information content (AvgIpc) is 3.03. The van der Waals surface area contributed by atoms with Gasteiger partial charge in [-0.1, -0.05) is 51.1 Å². The van der Waals surface area contributed by atoms with Gasteiger partial charge >= 0.3 is 0 Å². The van der Waals surface area contributed by atoms with Crippen LogP contribution in [0.3, 0.4) is 0 Å². The summed E-state index contributed by atoms with van der Waals surface area (Å²) < 4.78 is 32.0. The number of nitrogens with zero attached hydrogens (tertiary/aromatic N) is 2. The van der Waals surface area contributed by atoms with Gasteiger partial charge in [0.25, 0.3) is 9.04 Å². The Morgan fingerprint density at radius 1 is 1.10 bits per heavy atom. The van der Waals surface area contributed by atoms with Gasteiger partial charge in [-0.15, -0.1) is 0 Å². The molecule has 40 heavy (non-hydrogen) atoms. The lowest BCUT2D eigenvalue weighted by molar-refractivity contribution is 0.103. The van der Waals surface area contributed by atoms with Gasteiger partial charge in [0.05, 0.1) is 5.69 Å². The molecule has 2 N–H and O–H groups in total. The van der Waals surface area contributed by atoms with Crippen LogP contribution in [0.5, 0.6) is 5.88 Å². The lowest BCUT2D eigenvalue weighted by Crippen LogP contribution is -2.58. The van der Waals surface area contributed by atoms with E-state index >= 15 is 0 Å². The van der Waals surface area contributed by atoms with E-state index in [9.17, 15) is 8.42 Å². The van der Waals surface area contributed by atoms with E-state index in [0.717, 1.165) is 44.7 Å². The zero-order valence-corrected chi connectivity index (χ0v) is 27.6. The first-order valence-electron chi connectivity index (χ1n) is 14.8. The number of likely N-dealkylation sites (tertiary alicyclic amines) is 1. The lowest BCUT2D eigenvalue weighted by atomic mass is 9.73. The molecule has 2 heterocycles. The van der Waals surface area contributed by atoms with Gasteiger partial charge in [-0.3, -0.25) is 0 Å². The fourth-order valence-corrected chi connectivity index (χ4v) is 8.22. The van der Waals surface area contributed by atoms with Gasteiger partial charge in [-0.05, 0) is 99.2 Å². The predicted molar refractivity (Wildman–Crippen MR) is 167 cm³/mol. The Morgan fingerprint density at radius 2 is 1.80 bits per heavy atom. The van der Waals surface area contributed by atoms with Gasteiger partial charge in [0.2, 0.25) is 0 Å². The summed E-state index contributed by atoms with van der Waals surface area (Å²) in [5, 5.41) is 0. The second-order valence-electron chi connectivity index (χ2n) is 13.8. The molecule has 5 atom stereocenters. The van der Waals surface area contributed by atoms with E-state index < -0.39 is 23.7 Å². The first-order chi connectivity index (χ1) is 18.6. The number of sulfone groups is 1. The van der Waals surface area contributed by atoms with Crippen molar-refractivity contribution in [1.29, 1.82) is 0 Å². The normalized spacial score (nSPS) is 26.1. The molecular weight excluding hydrogens is 535 g/mol. The minimum absolute atomic E-state index is 0.0711. The summed E-state index contributed by atoms with van der Waals surface area (Å²) in [7, 11) is -4.34. The number of aryl methyl sites for hydroxylation is 2. The summed E-state index contributed by atoms with van der Waals surface area (Å²) in [5.74, 6) is 1.53. The maximum Gasteiger partial charge on any atom is 0.276 e. The van der Waals surface area contributed by atoms with Gasteiger partial charge < -0.3 is 15.1 Å². The van der Waals surface area contributed by atoms with Crippen LogP contribution < -0.4 is 10.2 Å². The van der Waals surface area contributed by atoms with Crippen LogP contribution in [-0.4, -0.2) is 58.1 Å². The highest BCUT2D eigenvalue weighted by molar-refractivity contribution is 7.92. The number of pyridine rings is 1. The summed E-state index contributed by atoms with van der Waals surface area (Å²) in [4.78, 5) is 6.27. The number of hydrogen-bond acceptors (Lipinski definition) is 6. The maximum atomic E-state index is 13.0. The molecule has 0 amide bonds. The third-order valence-corrected chi connectivity index (χ3v) is 11.9. The number of hydrogen-bond donors (Lipinski definition) is 1. The molecule has 8 heteroatoms. The van der Waals surface area contributed by atoms with Crippen molar-refractivity contribution in [3.05, 3.63) is 58.8 Å².